The summed E-state index contributed by atoms with van der Waals surface area (Å²) >= 11 is 0. The first-order valence-corrected chi connectivity index (χ1v) is 3.89. The van der Waals surface area contributed by atoms with Crippen LogP contribution in [0.15, 0.2) is 29.4 Å². The lowest BCUT2D eigenvalue weighted by Crippen LogP contribution is -2.25. The van der Waals surface area contributed by atoms with Gasteiger partial charge in [-0.15, -0.1) is 12.4 Å². The average molecular weight is 213 g/mol. The molecule has 0 radical (unpaired) electrons. The van der Waals surface area contributed by atoms with E-state index in [0.29, 0.717) is 0 Å². The number of nitrogens with one attached hydrogen (secondary N) is 2. The average Bonchev–Trinajstić information content (AvgIpc) is 2.08. The highest BCUT2D eigenvalue weighted by Gasteiger charge is 1.90. The van der Waals surface area contributed by atoms with Crippen LogP contribution >= 0.6 is 12.4 Å². The van der Waals surface area contributed by atoms with Crippen LogP contribution in [0.4, 0.5) is 0 Å². The summed E-state index contributed by atoms with van der Waals surface area (Å²) in [5.74, 6) is -0.162. The fourth-order valence-corrected chi connectivity index (χ4v) is 0.903. The van der Waals surface area contributed by atoms with E-state index < -0.39 is 0 Å². The van der Waals surface area contributed by atoms with Crippen molar-refractivity contribution in [3.8, 4) is 0 Å². The third-order valence-electron chi connectivity index (χ3n) is 1.58. The van der Waals surface area contributed by atoms with Crippen LogP contribution in [-0.2, 0) is 0 Å². The summed E-state index contributed by atoms with van der Waals surface area (Å²) in [5, 5.41) is 10.6. The van der Waals surface area contributed by atoms with Crippen LogP contribution in [0.1, 0.15) is 11.1 Å². The molecule has 0 saturated heterocycles. The van der Waals surface area contributed by atoms with Crippen molar-refractivity contribution in [2.75, 3.05) is 0 Å². The summed E-state index contributed by atoms with van der Waals surface area (Å²) in [6, 6.07) is 7.84. The van der Waals surface area contributed by atoms with E-state index in [1.165, 1.54) is 0 Å². The van der Waals surface area contributed by atoms with Gasteiger partial charge in [-0.1, -0.05) is 24.3 Å². The maximum atomic E-state index is 6.87. The van der Waals surface area contributed by atoms with Crippen molar-refractivity contribution in [2.24, 2.45) is 10.8 Å². The summed E-state index contributed by atoms with van der Waals surface area (Å²) in [6.07, 6.45) is 1.64. The number of hydrazone groups is 1. The van der Waals surface area contributed by atoms with Gasteiger partial charge in [0.25, 0.3) is 0 Å². The lowest BCUT2D eigenvalue weighted by Gasteiger charge is -1.98. The molecule has 0 aliphatic carbocycles. The number of halogens is 1. The molecule has 0 saturated carbocycles. The van der Waals surface area contributed by atoms with E-state index in [1.54, 1.807) is 6.21 Å². The molecule has 0 aromatic heterocycles. The highest BCUT2D eigenvalue weighted by Crippen LogP contribution is 2.02. The summed E-state index contributed by atoms with van der Waals surface area (Å²) < 4.78 is 0. The third kappa shape index (κ3) is 3.91. The molecule has 0 bridgehead atoms. The molecule has 0 fully saturated rings. The third-order valence-corrected chi connectivity index (χ3v) is 1.58. The maximum Gasteiger partial charge on any atom is 0.206 e. The van der Waals surface area contributed by atoms with E-state index in [4.69, 9.17) is 11.1 Å². The van der Waals surface area contributed by atoms with E-state index in [-0.39, 0.29) is 18.4 Å². The van der Waals surface area contributed by atoms with Gasteiger partial charge in [0.15, 0.2) is 0 Å². The molecule has 0 unspecified atom stereocenters. The zero-order valence-corrected chi connectivity index (χ0v) is 8.64. The Morgan fingerprint density at radius 3 is 2.71 bits per heavy atom. The Hall–Kier alpha value is -1.55. The zero-order valence-electron chi connectivity index (χ0n) is 7.82. The molecule has 1 rings (SSSR count). The van der Waals surface area contributed by atoms with Crippen molar-refractivity contribution in [1.82, 2.24) is 5.43 Å². The Bertz CT molecular complexity index is 335. The van der Waals surface area contributed by atoms with Gasteiger partial charge in [0.2, 0.25) is 5.96 Å². The van der Waals surface area contributed by atoms with E-state index in [2.05, 4.69) is 10.5 Å². The van der Waals surface area contributed by atoms with Crippen LogP contribution in [0, 0.1) is 12.3 Å². The van der Waals surface area contributed by atoms with Gasteiger partial charge in [-0.2, -0.15) is 5.10 Å². The molecule has 0 atom stereocenters. The number of rotatable bonds is 2. The summed E-state index contributed by atoms with van der Waals surface area (Å²) in [4.78, 5) is 0. The van der Waals surface area contributed by atoms with Gasteiger partial charge in [-0.25, -0.2) is 5.43 Å². The lowest BCUT2D eigenvalue weighted by molar-refractivity contribution is 1.00. The van der Waals surface area contributed by atoms with E-state index >= 15 is 0 Å². The van der Waals surface area contributed by atoms with E-state index in [9.17, 15) is 0 Å². The van der Waals surface area contributed by atoms with Crippen LogP contribution in [0.5, 0.6) is 0 Å². The molecule has 14 heavy (non-hydrogen) atoms. The highest BCUT2D eigenvalue weighted by atomic mass is 35.5. The monoisotopic (exact) mass is 212 g/mol. The summed E-state index contributed by atoms with van der Waals surface area (Å²) in [7, 11) is 0. The summed E-state index contributed by atoms with van der Waals surface area (Å²) in [5.41, 5.74) is 9.55. The second kappa shape index (κ2) is 5.99. The molecule has 5 heteroatoms. The Kier molecular flexibility index (Phi) is 5.33. The van der Waals surface area contributed by atoms with Gasteiger partial charge >= 0.3 is 0 Å². The van der Waals surface area contributed by atoms with Gasteiger partial charge in [0.1, 0.15) is 0 Å². The van der Waals surface area contributed by atoms with Gasteiger partial charge in [0, 0.05) is 0 Å². The van der Waals surface area contributed by atoms with Crippen molar-refractivity contribution >= 4 is 24.6 Å². The van der Waals surface area contributed by atoms with E-state index in [1.807, 2.05) is 31.2 Å². The molecular formula is C9H13ClN4. The first kappa shape index (κ1) is 12.4. The normalized spacial score (nSPS) is 9.50. The second-order valence-corrected chi connectivity index (χ2v) is 2.64. The Balaban J connectivity index is 0.00000169. The number of hydrogen-bond acceptors (Lipinski definition) is 2. The van der Waals surface area contributed by atoms with Gasteiger partial charge in [-0.05, 0) is 18.1 Å². The van der Waals surface area contributed by atoms with Crippen molar-refractivity contribution in [3.63, 3.8) is 0 Å². The fraction of sp³-hybridized carbons (Fsp3) is 0.111. The Labute approximate surface area is 89.1 Å². The van der Waals surface area contributed by atoms with Gasteiger partial charge in [0.05, 0.1) is 6.21 Å². The topological polar surface area (TPSA) is 74.3 Å². The number of nitrogens with zero attached hydrogens (tertiary/aromatic N) is 1. The van der Waals surface area contributed by atoms with Gasteiger partial charge in [-0.3, -0.25) is 5.41 Å². The van der Waals surface area contributed by atoms with Crippen molar-refractivity contribution < 1.29 is 0 Å². The van der Waals surface area contributed by atoms with Crippen LogP contribution in [-0.4, -0.2) is 12.2 Å². The molecule has 0 spiro atoms. The molecule has 4 N–H and O–H groups in total. The minimum absolute atomic E-state index is 0. The Morgan fingerprint density at radius 1 is 1.50 bits per heavy atom. The predicted octanol–water partition coefficient (Wildman–Crippen LogP) is 1.23. The number of benzene rings is 1. The Morgan fingerprint density at radius 2 is 2.14 bits per heavy atom. The molecule has 0 amide bonds. The van der Waals surface area contributed by atoms with Crippen LogP contribution in [0.25, 0.3) is 0 Å². The van der Waals surface area contributed by atoms with Crippen LogP contribution in [0.2, 0.25) is 0 Å². The number of aryl methyl sites for hydroxylation is 1. The minimum Gasteiger partial charge on any atom is -0.369 e. The van der Waals surface area contributed by atoms with Crippen molar-refractivity contribution in [3.05, 3.63) is 35.4 Å². The standard InChI is InChI=1S/C9H12N4.ClH/c1-7-4-2-3-5-8(7)6-12-13-9(10)11;/h2-6H,1H3,(H4,10,11,13);1H. The summed E-state index contributed by atoms with van der Waals surface area (Å²) in [6.45, 7) is 2.00. The minimum atomic E-state index is -0.162. The number of guanidine groups is 1. The van der Waals surface area contributed by atoms with E-state index in [0.717, 1.165) is 11.1 Å². The maximum absolute atomic E-state index is 6.87. The number of hydrogen-bond donors (Lipinski definition) is 3. The highest BCUT2D eigenvalue weighted by molar-refractivity contribution is 5.85. The predicted molar refractivity (Wildman–Crippen MR) is 61.1 cm³/mol. The fourth-order valence-electron chi connectivity index (χ4n) is 0.903. The molecule has 0 heterocycles. The van der Waals surface area contributed by atoms with Crippen molar-refractivity contribution in [1.29, 1.82) is 5.41 Å². The first-order chi connectivity index (χ1) is 6.20. The SMILES string of the molecule is Cc1ccccc1C=NNC(=N)N.Cl. The molecule has 0 aliphatic rings. The molecule has 0 aliphatic heterocycles. The van der Waals surface area contributed by atoms with Gasteiger partial charge < -0.3 is 5.73 Å². The molecule has 76 valence electrons. The molecule has 1 aromatic rings. The zero-order chi connectivity index (χ0) is 9.68. The second-order valence-electron chi connectivity index (χ2n) is 2.64. The largest absolute Gasteiger partial charge is 0.369 e. The first-order valence-electron chi connectivity index (χ1n) is 3.89. The lowest BCUT2D eigenvalue weighted by atomic mass is 10.1. The number of nitrogens with two attached hydrogens (primary N) is 1. The van der Waals surface area contributed by atoms with Crippen molar-refractivity contribution in [2.45, 2.75) is 6.92 Å². The van der Waals surface area contributed by atoms with Crippen LogP contribution in [0.3, 0.4) is 0 Å². The van der Waals surface area contributed by atoms with Crippen LogP contribution < -0.4 is 11.2 Å². The molecular weight excluding hydrogens is 200 g/mol. The smallest absolute Gasteiger partial charge is 0.206 e. The molecule has 4 nitrogen and oxygen atoms in total. The molecule has 1 aromatic carbocycles. The quantitative estimate of drug-likeness (QED) is 0.392.